The van der Waals surface area contributed by atoms with Crippen molar-refractivity contribution in [3.05, 3.63) is 90.0 Å². The number of nitrogens with two attached hydrogens (primary N) is 1. The Morgan fingerprint density at radius 2 is 1.59 bits per heavy atom. The van der Waals surface area contributed by atoms with Crippen molar-refractivity contribution in [3.63, 3.8) is 0 Å². The van der Waals surface area contributed by atoms with Crippen LogP contribution in [0.15, 0.2) is 78.9 Å². The number of aromatic amines is 1. The Kier molecular flexibility index (Phi) is 4.73. The number of rotatable bonds is 6. The van der Waals surface area contributed by atoms with Gasteiger partial charge in [0.05, 0.1) is 11.3 Å². The molecule has 0 saturated heterocycles. The Balaban J connectivity index is 1.79. The van der Waals surface area contributed by atoms with Gasteiger partial charge in [-0.1, -0.05) is 48.5 Å². The smallest absolute Gasteiger partial charge is 0.195 e. The number of carbonyl (C=O) groups excluding carboxylic acids is 1. The van der Waals surface area contributed by atoms with Crippen LogP contribution in [0.3, 0.4) is 0 Å². The highest BCUT2D eigenvalue weighted by atomic mass is 16.5. The van der Waals surface area contributed by atoms with Crippen LogP contribution in [0.1, 0.15) is 15.9 Å². The molecule has 4 nitrogen and oxygen atoms in total. The number of ketones is 1. The molecular weight excluding hydrogens is 336 g/mol. The first-order chi connectivity index (χ1) is 13.3. The summed E-state index contributed by atoms with van der Waals surface area (Å²) in [5.74, 6) is 0.691. The van der Waals surface area contributed by atoms with Crippen LogP contribution < -0.4 is 10.5 Å². The third kappa shape index (κ3) is 3.35. The SMILES string of the molecule is NCCOc1ccc(C(=O)c2c(-c3ccccc3)[nH]c3ccccc23)cc1. The third-order valence-electron chi connectivity index (χ3n) is 4.50. The molecule has 0 radical (unpaired) electrons. The molecule has 0 unspecified atom stereocenters. The molecule has 0 saturated carbocycles. The molecule has 3 aromatic carbocycles. The van der Waals surface area contributed by atoms with Crippen LogP contribution in [0.4, 0.5) is 0 Å². The number of ether oxygens (including phenoxy) is 1. The van der Waals surface area contributed by atoms with Crippen LogP contribution >= 0.6 is 0 Å². The summed E-state index contributed by atoms with van der Waals surface area (Å²) in [6, 6.07) is 25.0. The fourth-order valence-corrected chi connectivity index (χ4v) is 3.22. The topological polar surface area (TPSA) is 68.1 Å². The van der Waals surface area contributed by atoms with E-state index in [0.717, 1.165) is 22.2 Å². The van der Waals surface area contributed by atoms with Crippen molar-refractivity contribution >= 4 is 16.7 Å². The maximum atomic E-state index is 13.4. The van der Waals surface area contributed by atoms with E-state index in [1.54, 1.807) is 24.3 Å². The standard InChI is InChI=1S/C23H20N2O2/c24-14-15-27-18-12-10-17(11-13-18)23(26)21-19-8-4-5-9-20(19)25-22(21)16-6-2-1-3-7-16/h1-13,25H,14-15,24H2. The average molecular weight is 356 g/mol. The number of hydrogen-bond acceptors (Lipinski definition) is 3. The molecule has 1 heterocycles. The highest BCUT2D eigenvalue weighted by Gasteiger charge is 2.20. The van der Waals surface area contributed by atoms with E-state index in [0.29, 0.717) is 30.0 Å². The molecule has 0 aliphatic carbocycles. The molecule has 4 rings (SSSR count). The van der Waals surface area contributed by atoms with Gasteiger partial charge in [0, 0.05) is 23.0 Å². The predicted octanol–water partition coefficient (Wildman–Crippen LogP) is 4.40. The Labute approximate surface area is 157 Å². The average Bonchev–Trinajstić information content (AvgIpc) is 3.12. The molecule has 134 valence electrons. The van der Waals surface area contributed by atoms with Gasteiger partial charge in [-0.05, 0) is 35.9 Å². The molecule has 27 heavy (non-hydrogen) atoms. The lowest BCUT2D eigenvalue weighted by atomic mass is 9.97. The van der Waals surface area contributed by atoms with Gasteiger partial charge in [-0.15, -0.1) is 0 Å². The number of aromatic nitrogens is 1. The van der Waals surface area contributed by atoms with Crippen molar-refractivity contribution < 1.29 is 9.53 Å². The van der Waals surface area contributed by atoms with E-state index in [4.69, 9.17) is 10.5 Å². The molecule has 0 amide bonds. The molecule has 3 N–H and O–H groups in total. The molecule has 4 aromatic rings. The van der Waals surface area contributed by atoms with Crippen molar-refractivity contribution in [1.29, 1.82) is 0 Å². The summed E-state index contributed by atoms with van der Waals surface area (Å²) < 4.78 is 5.50. The molecule has 0 aliphatic heterocycles. The molecule has 0 spiro atoms. The summed E-state index contributed by atoms with van der Waals surface area (Å²) in [6.45, 7) is 0.907. The minimum atomic E-state index is -0.0170. The van der Waals surface area contributed by atoms with Crippen LogP contribution in [0, 0.1) is 0 Å². The van der Waals surface area contributed by atoms with Crippen molar-refractivity contribution in [2.24, 2.45) is 5.73 Å². The molecule has 0 fully saturated rings. The fourth-order valence-electron chi connectivity index (χ4n) is 3.22. The largest absolute Gasteiger partial charge is 0.492 e. The van der Waals surface area contributed by atoms with Crippen LogP contribution in [0.2, 0.25) is 0 Å². The van der Waals surface area contributed by atoms with Crippen molar-refractivity contribution in [1.82, 2.24) is 4.98 Å². The number of para-hydroxylation sites is 1. The Morgan fingerprint density at radius 3 is 2.33 bits per heavy atom. The van der Waals surface area contributed by atoms with E-state index in [9.17, 15) is 4.79 Å². The molecule has 0 atom stereocenters. The summed E-state index contributed by atoms with van der Waals surface area (Å²) in [7, 11) is 0. The number of H-pyrrole nitrogens is 1. The van der Waals surface area contributed by atoms with Gasteiger partial charge in [0.25, 0.3) is 0 Å². The van der Waals surface area contributed by atoms with Crippen LogP contribution in [-0.4, -0.2) is 23.9 Å². The monoisotopic (exact) mass is 356 g/mol. The summed E-state index contributed by atoms with van der Waals surface area (Å²) >= 11 is 0. The van der Waals surface area contributed by atoms with Gasteiger partial charge in [-0.25, -0.2) is 0 Å². The van der Waals surface area contributed by atoms with E-state index >= 15 is 0 Å². The second-order valence-corrected chi connectivity index (χ2v) is 6.28. The maximum Gasteiger partial charge on any atom is 0.195 e. The molecule has 0 aliphatic rings. The van der Waals surface area contributed by atoms with Gasteiger partial charge in [0.1, 0.15) is 12.4 Å². The number of benzene rings is 3. The first-order valence-electron chi connectivity index (χ1n) is 8.91. The number of nitrogens with one attached hydrogen (secondary N) is 1. The molecular formula is C23H20N2O2. The van der Waals surface area contributed by atoms with Gasteiger partial charge in [0.15, 0.2) is 5.78 Å². The maximum absolute atomic E-state index is 13.4. The zero-order valence-corrected chi connectivity index (χ0v) is 14.8. The van der Waals surface area contributed by atoms with E-state index < -0.39 is 0 Å². The number of carbonyl (C=O) groups is 1. The van der Waals surface area contributed by atoms with E-state index in [1.807, 2.05) is 54.6 Å². The van der Waals surface area contributed by atoms with Crippen LogP contribution in [0.25, 0.3) is 22.2 Å². The zero-order valence-electron chi connectivity index (χ0n) is 14.8. The molecule has 0 bridgehead atoms. The Morgan fingerprint density at radius 1 is 0.889 bits per heavy atom. The first kappa shape index (κ1) is 17.1. The Bertz CT molecular complexity index is 1070. The van der Waals surface area contributed by atoms with Crippen molar-refractivity contribution in [2.75, 3.05) is 13.2 Å². The summed E-state index contributed by atoms with van der Waals surface area (Å²) in [4.78, 5) is 16.8. The van der Waals surface area contributed by atoms with Gasteiger partial charge in [0.2, 0.25) is 0 Å². The van der Waals surface area contributed by atoms with Crippen molar-refractivity contribution in [2.45, 2.75) is 0 Å². The minimum Gasteiger partial charge on any atom is -0.492 e. The summed E-state index contributed by atoms with van der Waals surface area (Å²) in [5.41, 5.74) is 9.54. The lowest BCUT2D eigenvalue weighted by Gasteiger charge is -2.07. The second kappa shape index (κ2) is 7.48. The Hall–Kier alpha value is -3.37. The quantitative estimate of drug-likeness (QED) is 0.503. The van der Waals surface area contributed by atoms with E-state index in [-0.39, 0.29) is 5.78 Å². The number of fused-ring (bicyclic) bond motifs is 1. The third-order valence-corrected chi connectivity index (χ3v) is 4.50. The highest BCUT2D eigenvalue weighted by molar-refractivity contribution is 6.20. The normalized spacial score (nSPS) is 10.9. The van der Waals surface area contributed by atoms with E-state index in [2.05, 4.69) is 4.98 Å². The van der Waals surface area contributed by atoms with Gasteiger partial charge in [-0.3, -0.25) is 4.79 Å². The second-order valence-electron chi connectivity index (χ2n) is 6.28. The van der Waals surface area contributed by atoms with E-state index in [1.165, 1.54) is 0 Å². The fraction of sp³-hybridized carbons (Fsp3) is 0.0870. The van der Waals surface area contributed by atoms with Gasteiger partial charge >= 0.3 is 0 Å². The zero-order chi connectivity index (χ0) is 18.6. The van der Waals surface area contributed by atoms with Crippen LogP contribution in [-0.2, 0) is 0 Å². The first-order valence-corrected chi connectivity index (χ1v) is 8.91. The van der Waals surface area contributed by atoms with Gasteiger partial charge < -0.3 is 15.5 Å². The number of hydrogen-bond donors (Lipinski definition) is 2. The lowest BCUT2D eigenvalue weighted by molar-refractivity contribution is 0.104. The predicted molar refractivity (Wildman–Crippen MR) is 108 cm³/mol. The van der Waals surface area contributed by atoms with Gasteiger partial charge in [-0.2, -0.15) is 0 Å². The van der Waals surface area contributed by atoms with Crippen molar-refractivity contribution in [3.8, 4) is 17.0 Å². The minimum absolute atomic E-state index is 0.0170. The van der Waals surface area contributed by atoms with Crippen LogP contribution in [0.5, 0.6) is 5.75 Å². The summed E-state index contributed by atoms with van der Waals surface area (Å²) in [5, 5.41) is 0.921. The highest BCUT2D eigenvalue weighted by Crippen LogP contribution is 2.32. The summed E-state index contributed by atoms with van der Waals surface area (Å²) in [6.07, 6.45) is 0. The molecule has 1 aromatic heterocycles. The molecule has 4 heteroatoms. The lowest BCUT2D eigenvalue weighted by Crippen LogP contribution is -2.10.